The molecule has 1 aromatic heterocycles. The van der Waals surface area contributed by atoms with Gasteiger partial charge in [0.05, 0.1) is 0 Å². The van der Waals surface area contributed by atoms with Crippen molar-refractivity contribution in [2.24, 2.45) is 0 Å². The number of halogens is 4. The normalized spacial score (nSPS) is 11.3. The third-order valence-corrected chi connectivity index (χ3v) is 3.51. The minimum absolute atomic E-state index is 0.0424. The first-order chi connectivity index (χ1) is 12.3. The summed E-state index contributed by atoms with van der Waals surface area (Å²) < 4.78 is 52.7. The number of rotatable bonds is 4. The largest absolute Gasteiger partial charge is 0.421 e. The van der Waals surface area contributed by atoms with Crippen LogP contribution in [0.1, 0.15) is 11.1 Å². The fraction of sp³-hybridized carbons (Fsp3) is 0.111. The molecule has 0 amide bonds. The Hall–Kier alpha value is -3.16. The number of anilines is 4. The van der Waals surface area contributed by atoms with Gasteiger partial charge in [0.15, 0.2) is 0 Å². The molecule has 0 unspecified atom stereocenters. The molecule has 0 aliphatic rings. The number of hydrogen-bond donors (Lipinski definition) is 2. The van der Waals surface area contributed by atoms with Crippen LogP contribution in [0.4, 0.5) is 40.7 Å². The van der Waals surface area contributed by atoms with E-state index in [0.29, 0.717) is 17.6 Å². The highest BCUT2D eigenvalue weighted by molar-refractivity contribution is 5.63. The first-order valence-electron chi connectivity index (χ1n) is 7.62. The number of alkyl halides is 3. The van der Waals surface area contributed by atoms with E-state index in [2.05, 4.69) is 20.6 Å². The first-order valence-corrected chi connectivity index (χ1v) is 7.62. The van der Waals surface area contributed by atoms with E-state index in [1.54, 1.807) is 24.3 Å². The van der Waals surface area contributed by atoms with Gasteiger partial charge in [-0.15, -0.1) is 0 Å². The number of aromatic nitrogens is 2. The lowest BCUT2D eigenvalue weighted by molar-refractivity contribution is -0.137. The van der Waals surface area contributed by atoms with E-state index in [0.717, 1.165) is 5.56 Å². The minimum Gasteiger partial charge on any atom is -0.340 e. The van der Waals surface area contributed by atoms with Gasteiger partial charge in [-0.2, -0.15) is 18.2 Å². The average Bonchev–Trinajstić information content (AvgIpc) is 2.58. The van der Waals surface area contributed by atoms with E-state index in [9.17, 15) is 17.6 Å². The molecule has 2 N–H and O–H groups in total. The molecule has 0 bridgehead atoms. The lowest BCUT2D eigenvalue weighted by Gasteiger charge is -2.15. The summed E-state index contributed by atoms with van der Waals surface area (Å²) in [6.07, 6.45) is -3.91. The van der Waals surface area contributed by atoms with Crippen molar-refractivity contribution in [1.82, 2.24) is 9.97 Å². The van der Waals surface area contributed by atoms with Crippen molar-refractivity contribution in [3.05, 3.63) is 71.7 Å². The average molecular weight is 362 g/mol. The van der Waals surface area contributed by atoms with Crippen LogP contribution in [0.5, 0.6) is 0 Å². The molecule has 0 atom stereocenters. The van der Waals surface area contributed by atoms with Crippen LogP contribution >= 0.6 is 0 Å². The summed E-state index contributed by atoms with van der Waals surface area (Å²) in [5.74, 6) is -0.842. The molecule has 0 fully saturated rings. The second-order valence-electron chi connectivity index (χ2n) is 5.58. The van der Waals surface area contributed by atoms with Gasteiger partial charge < -0.3 is 10.6 Å². The van der Waals surface area contributed by atoms with Gasteiger partial charge in [0.1, 0.15) is 17.2 Å². The quantitative estimate of drug-likeness (QED) is 0.608. The maximum Gasteiger partial charge on any atom is 0.421 e. The van der Waals surface area contributed by atoms with E-state index >= 15 is 0 Å². The Bertz CT molecular complexity index is 891. The van der Waals surface area contributed by atoms with Gasteiger partial charge in [-0.25, -0.2) is 9.37 Å². The predicted molar refractivity (Wildman–Crippen MR) is 91.2 cm³/mol. The summed E-state index contributed by atoms with van der Waals surface area (Å²) in [5.41, 5.74) is 0.913. The molecule has 0 aliphatic heterocycles. The van der Waals surface area contributed by atoms with Crippen LogP contribution in [0.25, 0.3) is 0 Å². The van der Waals surface area contributed by atoms with Crippen LogP contribution in [-0.2, 0) is 6.18 Å². The Kier molecular flexibility index (Phi) is 4.75. The van der Waals surface area contributed by atoms with Crippen LogP contribution in [0.2, 0.25) is 0 Å². The molecule has 4 nitrogen and oxygen atoms in total. The molecule has 1 heterocycles. The van der Waals surface area contributed by atoms with Crippen molar-refractivity contribution >= 4 is 23.1 Å². The van der Waals surface area contributed by atoms with Crippen LogP contribution < -0.4 is 10.6 Å². The van der Waals surface area contributed by atoms with Crippen molar-refractivity contribution in [3.8, 4) is 0 Å². The third-order valence-electron chi connectivity index (χ3n) is 3.51. The smallest absolute Gasteiger partial charge is 0.340 e. The van der Waals surface area contributed by atoms with Crippen molar-refractivity contribution in [2.45, 2.75) is 13.1 Å². The Morgan fingerprint density at radius 3 is 2.04 bits per heavy atom. The van der Waals surface area contributed by atoms with Gasteiger partial charge in [-0.1, -0.05) is 17.7 Å². The molecule has 0 radical (unpaired) electrons. The summed E-state index contributed by atoms with van der Waals surface area (Å²) in [5, 5.41) is 5.42. The Morgan fingerprint density at radius 1 is 0.846 bits per heavy atom. The van der Waals surface area contributed by atoms with Crippen molar-refractivity contribution < 1.29 is 17.6 Å². The van der Waals surface area contributed by atoms with Crippen LogP contribution in [0.3, 0.4) is 0 Å². The highest BCUT2D eigenvalue weighted by atomic mass is 19.4. The zero-order valence-electron chi connectivity index (χ0n) is 13.6. The predicted octanol–water partition coefficient (Wildman–Crippen LogP) is 5.43. The molecule has 0 saturated heterocycles. The molecule has 134 valence electrons. The standard InChI is InChI=1S/C18H14F4N4/c1-11-2-6-13(7-3-11)24-16-15(18(20,21)22)10-23-17(26-16)25-14-8-4-12(19)5-9-14/h2-10H,1H3,(H2,23,24,25,26). The number of benzene rings is 2. The van der Waals surface area contributed by atoms with E-state index < -0.39 is 17.6 Å². The fourth-order valence-electron chi connectivity index (χ4n) is 2.18. The monoisotopic (exact) mass is 362 g/mol. The molecule has 0 saturated carbocycles. The third kappa shape index (κ3) is 4.27. The van der Waals surface area contributed by atoms with Crippen LogP contribution in [0.15, 0.2) is 54.7 Å². The second-order valence-corrected chi connectivity index (χ2v) is 5.58. The SMILES string of the molecule is Cc1ccc(Nc2nc(Nc3ccc(F)cc3)ncc2C(F)(F)F)cc1. The summed E-state index contributed by atoms with van der Waals surface area (Å²) in [7, 11) is 0. The van der Waals surface area contributed by atoms with Gasteiger partial charge in [-0.3, -0.25) is 0 Å². The van der Waals surface area contributed by atoms with Crippen molar-refractivity contribution in [2.75, 3.05) is 10.6 Å². The van der Waals surface area contributed by atoms with E-state index in [1.165, 1.54) is 24.3 Å². The number of hydrogen-bond acceptors (Lipinski definition) is 4. The van der Waals surface area contributed by atoms with Crippen molar-refractivity contribution in [3.63, 3.8) is 0 Å². The van der Waals surface area contributed by atoms with Crippen molar-refractivity contribution in [1.29, 1.82) is 0 Å². The van der Waals surface area contributed by atoms with Gasteiger partial charge >= 0.3 is 6.18 Å². The highest BCUT2D eigenvalue weighted by Gasteiger charge is 2.35. The lowest BCUT2D eigenvalue weighted by Crippen LogP contribution is -2.12. The van der Waals surface area contributed by atoms with E-state index in [4.69, 9.17) is 0 Å². The van der Waals surface area contributed by atoms with E-state index in [1.807, 2.05) is 6.92 Å². The molecule has 3 aromatic rings. The maximum atomic E-state index is 13.2. The number of nitrogens with one attached hydrogen (secondary N) is 2. The summed E-state index contributed by atoms with van der Waals surface area (Å²) in [6.45, 7) is 1.88. The maximum absolute atomic E-state index is 13.2. The molecular formula is C18H14F4N4. The molecule has 0 spiro atoms. The Balaban J connectivity index is 1.93. The zero-order valence-corrected chi connectivity index (χ0v) is 13.6. The van der Waals surface area contributed by atoms with Crippen LogP contribution in [-0.4, -0.2) is 9.97 Å². The minimum atomic E-state index is -4.61. The molecule has 0 aliphatic carbocycles. The molecule has 2 aromatic carbocycles. The van der Waals surface area contributed by atoms with Gasteiger partial charge in [0.2, 0.25) is 5.95 Å². The molecule has 3 rings (SSSR count). The molecule has 8 heteroatoms. The fourth-order valence-corrected chi connectivity index (χ4v) is 2.18. The summed E-state index contributed by atoms with van der Waals surface area (Å²) in [4.78, 5) is 7.63. The highest BCUT2D eigenvalue weighted by Crippen LogP contribution is 2.35. The van der Waals surface area contributed by atoms with Crippen LogP contribution in [0, 0.1) is 12.7 Å². The summed E-state index contributed by atoms with van der Waals surface area (Å²) >= 11 is 0. The Labute approximate surface area is 146 Å². The summed E-state index contributed by atoms with van der Waals surface area (Å²) in [6, 6.07) is 12.2. The van der Waals surface area contributed by atoms with Gasteiger partial charge in [0.25, 0.3) is 0 Å². The van der Waals surface area contributed by atoms with Gasteiger partial charge in [-0.05, 0) is 43.3 Å². The molecular weight excluding hydrogens is 348 g/mol. The molecule has 26 heavy (non-hydrogen) atoms. The number of nitrogens with zero attached hydrogens (tertiary/aromatic N) is 2. The topological polar surface area (TPSA) is 49.8 Å². The zero-order chi connectivity index (χ0) is 18.7. The lowest BCUT2D eigenvalue weighted by atomic mass is 10.2. The Morgan fingerprint density at radius 2 is 1.42 bits per heavy atom. The van der Waals surface area contributed by atoms with E-state index in [-0.39, 0.29) is 11.8 Å². The number of aryl methyl sites for hydroxylation is 1. The first kappa shape index (κ1) is 17.7. The second kappa shape index (κ2) is 6.99. The van der Waals surface area contributed by atoms with Gasteiger partial charge in [0, 0.05) is 17.6 Å².